The normalized spacial score (nSPS) is 25.5. The Morgan fingerprint density at radius 1 is 1.47 bits per heavy atom. The highest BCUT2D eigenvalue weighted by molar-refractivity contribution is 6.35. The number of benzene rings is 1. The maximum Gasteiger partial charge on any atom is 0.310 e. The summed E-state index contributed by atoms with van der Waals surface area (Å²) < 4.78 is 0. The van der Waals surface area contributed by atoms with Gasteiger partial charge < -0.3 is 5.11 Å². The van der Waals surface area contributed by atoms with Gasteiger partial charge in [0.15, 0.2) is 0 Å². The first-order chi connectivity index (χ1) is 8.83. The Kier molecular flexibility index (Phi) is 4.09. The van der Waals surface area contributed by atoms with Gasteiger partial charge in [0.05, 0.1) is 5.41 Å². The molecule has 3 nitrogen and oxygen atoms in total. The molecule has 0 spiro atoms. The lowest BCUT2D eigenvalue weighted by molar-refractivity contribution is -0.147. The standard InChI is InChI=1S/C14H17Cl2NO2/c1-9(11-4-3-10(15)7-12(11)16)17-6-5-14(2,8-17)13(18)19/h3-4,7,9H,5-6,8H2,1-2H3,(H,18,19). The molecule has 1 aliphatic rings. The van der Waals surface area contributed by atoms with E-state index in [1.165, 1.54) is 0 Å². The molecule has 1 heterocycles. The minimum atomic E-state index is -0.732. The maximum absolute atomic E-state index is 11.3. The van der Waals surface area contributed by atoms with Crippen molar-refractivity contribution in [3.63, 3.8) is 0 Å². The van der Waals surface area contributed by atoms with Gasteiger partial charge in [-0.2, -0.15) is 0 Å². The van der Waals surface area contributed by atoms with Crippen LogP contribution >= 0.6 is 23.2 Å². The van der Waals surface area contributed by atoms with Gasteiger partial charge in [-0.05, 0) is 44.5 Å². The number of carboxylic acid groups (broad SMARTS) is 1. The number of rotatable bonds is 3. The first-order valence-electron chi connectivity index (χ1n) is 6.26. The zero-order valence-electron chi connectivity index (χ0n) is 11.0. The Labute approximate surface area is 123 Å². The third-order valence-corrected chi connectivity index (χ3v) is 4.54. The van der Waals surface area contributed by atoms with E-state index in [2.05, 4.69) is 4.90 Å². The molecule has 104 valence electrons. The minimum absolute atomic E-state index is 0.0888. The molecule has 1 fully saturated rings. The second-order valence-electron chi connectivity index (χ2n) is 5.43. The van der Waals surface area contributed by atoms with E-state index in [1.54, 1.807) is 13.0 Å². The van der Waals surface area contributed by atoms with Crippen LogP contribution in [0, 0.1) is 5.41 Å². The van der Waals surface area contributed by atoms with Crippen LogP contribution in [0.25, 0.3) is 0 Å². The lowest BCUT2D eigenvalue weighted by Gasteiger charge is -2.27. The Balaban J connectivity index is 2.17. The third kappa shape index (κ3) is 2.88. The van der Waals surface area contributed by atoms with Crippen molar-refractivity contribution in [3.8, 4) is 0 Å². The van der Waals surface area contributed by atoms with Crippen LogP contribution in [0.3, 0.4) is 0 Å². The predicted molar refractivity (Wildman–Crippen MR) is 76.8 cm³/mol. The van der Waals surface area contributed by atoms with E-state index < -0.39 is 11.4 Å². The van der Waals surface area contributed by atoms with Gasteiger partial charge in [-0.15, -0.1) is 0 Å². The quantitative estimate of drug-likeness (QED) is 0.922. The van der Waals surface area contributed by atoms with Gasteiger partial charge in [0, 0.05) is 22.6 Å². The van der Waals surface area contributed by atoms with Gasteiger partial charge in [-0.1, -0.05) is 29.3 Å². The molecule has 19 heavy (non-hydrogen) atoms. The number of hydrogen-bond donors (Lipinski definition) is 1. The van der Waals surface area contributed by atoms with Gasteiger partial charge in [0.2, 0.25) is 0 Å². The van der Waals surface area contributed by atoms with E-state index in [0.29, 0.717) is 23.0 Å². The second kappa shape index (κ2) is 5.31. The largest absolute Gasteiger partial charge is 0.481 e. The lowest BCUT2D eigenvalue weighted by atomic mass is 9.90. The number of halogens is 2. The molecule has 0 radical (unpaired) electrons. The molecule has 1 saturated heterocycles. The highest BCUT2D eigenvalue weighted by Gasteiger charge is 2.42. The fourth-order valence-corrected chi connectivity index (χ4v) is 3.11. The van der Waals surface area contributed by atoms with Crippen LogP contribution in [0.2, 0.25) is 10.0 Å². The van der Waals surface area contributed by atoms with Gasteiger partial charge in [0.1, 0.15) is 0 Å². The summed E-state index contributed by atoms with van der Waals surface area (Å²) in [4.78, 5) is 13.4. The van der Waals surface area contributed by atoms with Crippen molar-refractivity contribution < 1.29 is 9.90 Å². The molecule has 0 saturated carbocycles. The fourth-order valence-electron chi connectivity index (χ4n) is 2.54. The Bertz CT molecular complexity index is 506. The summed E-state index contributed by atoms with van der Waals surface area (Å²) in [6, 6.07) is 5.53. The first-order valence-corrected chi connectivity index (χ1v) is 7.01. The number of nitrogens with zero attached hydrogens (tertiary/aromatic N) is 1. The molecule has 5 heteroatoms. The number of likely N-dealkylation sites (tertiary alicyclic amines) is 1. The van der Waals surface area contributed by atoms with E-state index in [1.807, 2.05) is 19.1 Å². The van der Waals surface area contributed by atoms with Crippen molar-refractivity contribution in [2.45, 2.75) is 26.3 Å². The van der Waals surface area contributed by atoms with Crippen molar-refractivity contribution in [2.75, 3.05) is 13.1 Å². The Morgan fingerprint density at radius 3 is 2.68 bits per heavy atom. The molecule has 0 bridgehead atoms. The van der Waals surface area contributed by atoms with E-state index in [-0.39, 0.29) is 6.04 Å². The minimum Gasteiger partial charge on any atom is -0.481 e. The topological polar surface area (TPSA) is 40.5 Å². The van der Waals surface area contributed by atoms with Gasteiger partial charge in [-0.25, -0.2) is 0 Å². The van der Waals surface area contributed by atoms with Crippen molar-refractivity contribution in [1.29, 1.82) is 0 Å². The molecule has 1 aliphatic heterocycles. The zero-order chi connectivity index (χ0) is 14.2. The van der Waals surface area contributed by atoms with Gasteiger partial charge in [-0.3, -0.25) is 9.69 Å². The van der Waals surface area contributed by atoms with Crippen molar-refractivity contribution in [3.05, 3.63) is 33.8 Å². The Morgan fingerprint density at radius 2 is 2.16 bits per heavy atom. The number of aliphatic carboxylic acids is 1. The van der Waals surface area contributed by atoms with Crippen LogP contribution in [-0.2, 0) is 4.79 Å². The highest BCUT2D eigenvalue weighted by Crippen LogP contribution is 2.37. The number of hydrogen-bond acceptors (Lipinski definition) is 2. The molecule has 2 unspecified atom stereocenters. The second-order valence-corrected chi connectivity index (χ2v) is 6.27. The Hall–Kier alpha value is -0.770. The SMILES string of the molecule is CC(c1ccc(Cl)cc1Cl)N1CCC(C)(C(=O)O)C1. The van der Waals surface area contributed by atoms with Crippen LogP contribution < -0.4 is 0 Å². The molecule has 1 N–H and O–H groups in total. The summed E-state index contributed by atoms with van der Waals surface area (Å²) in [6.07, 6.45) is 0.665. The van der Waals surface area contributed by atoms with Crippen LogP contribution in [0.4, 0.5) is 0 Å². The molecule has 2 atom stereocenters. The molecule has 1 aromatic rings. The van der Waals surface area contributed by atoms with Crippen molar-refractivity contribution >= 4 is 29.2 Å². The monoisotopic (exact) mass is 301 g/mol. The van der Waals surface area contributed by atoms with E-state index >= 15 is 0 Å². The van der Waals surface area contributed by atoms with Crippen LogP contribution in [0.5, 0.6) is 0 Å². The average molecular weight is 302 g/mol. The summed E-state index contributed by atoms with van der Waals surface area (Å²) in [7, 11) is 0. The van der Waals surface area contributed by atoms with Gasteiger partial charge in [0.25, 0.3) is 0 Å². The molecular formula is C14H17Cl2NO2. The number of carbonyl (C=O) groups is 1. The number of carboxylic acids is 1. The summed E-state index contributed by atoms with van der Waals surface area (Å²) in [5, 5.41) is 10.5. The zero-order valence-corrected chi connectivity index (χ0v) is 12.5. The summed E-state index contributed by atoms with van der Waals surface area (Å²) in [5.74, 6) is -0.732. The molecule has 0 aromatic heterocycles. The molecule has 2 rings (SSSR count). The van der Waals surface area contributed by atoms with Gasteiger partial charge >= 0.3 is 5.97 Å². The highest BCUT2D eigenvalue weighted by atomic mass is 35.5. The third-order valence-electron chi connectivity index (χ3n) is 3.98. The van der Waals surface area contributed by atoms with E-state index in [0.717, 1.165) is 12.1 Å². The summed E-state index contributed by atoms with van der Waals surface area (Å²) in [6.45, 7) is 5.15. The molecular weight excluding hydrogens is 285 g/mol. The maximum atomic E-state index is 11.3. The van der Waals surface area contributed by atoms with Crippen LogP contribution in [0.1, 0.15) is 31.9 Å². The predicted octanol–water partition coefficient (Wildman–Crippen LogP) is 3.85. The van der Waals surface area contributed by atoms with E-state index in [4.69, 9.17) is 23.2 Å². The van der Waals surface area contributed by atoms with E-state index in [9.17, 15) is 9.90 Å². The molecule has 1 aromatic carbocycles. The molecule has 0 amide bonds. The average Bonchev–Trinajstić information content (AvgIpc) is 2.73. The summed E-state index contributed by atoms with van der Waals surface area (Å²) >= 11 is 12.1. The van der Waals surface area contributed by atoms with Crippen LogP contribution in [0.15, 0.2) is 18.2 Å². The molecule has 0 aliphatic carbocycles. The van der Waals surface area contributed by atoms with Crippen molar-refractivity contribution in [1.82, 2.24) is 4.90 Å². The lowest BCUT2D eigenvalue weighted by Crippen LogP contribution is -2.33. The fraction of sp³-hybridized carbons (Fsp3) is 0.500. The van der Waals surface area contributed by atoms with Crippen molar-refractivity contribution in [2.24, 2.45) is 5.41 Å². The first kappa shape index (κ1) is 14.6. The smallest absolute Gasteiger partial charge is 0.310 e. The summed E-state index contributed by atoms with van der Waals surface area (Å²) in [5.41, 5.74) is 0.327. The van der Waals surface area contributed by atoms with Crippen LogP contribution in [-0.4, -0.2) is 29.1 Å².